The van der Waals surface area contributed by atoms with Crippen molar-refractivity contribution in [2.24, 2.45) is 5.73 Å². The van der Waals surface area contributed by atoms with E-state index in [1.807, 2.05) is 49.4 Å². The second-order valence-corrected chi connectivity index (χ2v) is 5.94. The van der Waals surface area contributed by atoms with Gasteiger partial charge in [-0.2, -0.15) is 0 Å². The maximum absolute atomic E-state index is 11.8. The summed E-state index contributed by atoms with van der Waals surface area (Å²) in [6.07, 6.45) is 1.08. The molecule has 5 heteroatoms. The zero-order chi connectivity index (χ0) is 16.7. The fraction of sp³-hybridized carbons (Fsp3) is 0.278. The Morgan fingerprint density at radius 3 is 2.70 bits per heavy atom. The highest BCUT2D eigenvalue weighted by molar-refractivity contribution is 6.30. The summed E-state index contributed by atoms with van der Waals surface area (Å²) in [6.45, 7) is 2.33. The summed E-state index contributed by atoms with van der Waals surface area (Å²) in [6, 6.07) is 14.9. The van der Waals surface area contributed by atoms with E-state index < -0.39 is 0 Å². The van der Waals surface area contributed by atoms with Gasteiger partial charge >= 0.3 is 0 Å². The van der Waals surface area contributed by atoms with Crippen molar-refractivity contribution in [3.05, 3.63) is 59.1 Å². The average molecular weight is 333 g/mol. The van der Waals surface area contributed by atoms with Crippen LogP contribution in [0.1, 0.15) is 25.3 Å². The Kier molecular flexibility index (Phi) is 6.44. The molecule has 0 spiro atoms. The molecule has 3 N–H and O–H groups in total. The third-order valence-corrected chi connectivity index (χ3v) is 3.52. The van der Waals surface area contributed by atoms with Gasteiger partial charge in [-0.15, -0.1) is 0 Å². The molecule has 1 unspecified atom stereocenters. The van der Waals surface area contributed by atoms with Crippen LogP contribution in [0.3, 0.4) is 0 Å². The van der Waals surface area contributed by atoms with Crippen LogP contribution in [0, 0.1) is 0 Å². The van der Waals surface area contributed by atoms with Crippen molar-refractivity contribution in [1.82, 2.24) is 0 Å². The first-order chi connectivity index (χ1) is 11.0. The number of benzene rings is 2. The van der Waals surface area contributed by atoms with Gasteiger partial charge in [0, 0.05) is 29.2 Å². The normalized spacial score (nSPS) is 11.8. The number of halogens is 1. The highest BCUT2D eigenvalue weighted by Crippen LogP contribution is 2.19. The lowest BCUT2D eigenvalue weighted by Crippen LogP contribution is -2.19. The van der Waals surface area contributed by atoms with Crippen molar-refractivity contribution < 1.29 is 9.53 Å². The van der Waals surface area contributed by atoms with E-state index in [0.717, 1.165) is 5.56 Å². The molecule has 2 rings (SSSR count). The van der Waals surface area contributed by atoms with E-state index >= 15 is 0 Å². The molecule has 1 atom stereocenters. The van der Waals surface area contributed by atoms with Gasteiger partial charge in [-0.05, 0) is 43.2 Å². The number of carbonyl (C=O) groups is 1. The quantitative estimate of drug-likeness (QED) is 0.806. The summed E-state index contributed by atoms with van der Waals surface area (Å²) in [4.78, 5) is 11.8. The van der Waals surface area contributed by atoms with Crippen LogP contribution in [-0.2, 0) is 11.4 Å². The van der Waals surface area contributed by atoms with Crippen LogP contribution >= 0.6 is 11.6 Å². The first kappa shape index (κ1) is 17.3. The highest BCUT2D eigenvalue weighted by atomic mass is 35.5. The zero-order valence-corrected chi connectivity index (χ0v) is 13.8. The molecule has 0 aliphatic carbocycles. The number of hydrogen-bond acceptors (Lipinski definition) is 3. The predicted octanol–water partition coefficient (Wildman–Crippen LogP) is 3.98. The predicted molar refractivity (Wildman–Crippen MR) is 93.7 cm³/mol. The summed E-state index contributed by atoms with van der Waals surface area (Å²) < 4.78 is 5.74. The molecular formula is C18H21ClN2O2. The van der Waals surface area contributed by atoms with Gasteiger partial charge in [0.1, 0.15) is 12.4 Å². The van der Waals surface area contributed by atoms with Crippen LogP contribution in [0.4, 0.5) is 5.69 Å². The average Bonchev–Trinajstić information content (AvgIpc) is 2.53. The number of carbonyl (C=O) groups excluding carboxylic acids is 1. The molecule has 23 heavy (non-hydrogen) atoms. The van der Waals surface area contributed by atoms with Gasteiger partial charge in [-0.25, -0.2) is 0 Å². The van der Waals surface area contributed by atoms with Gasteiger partial charge in [0.15, 0.2) is 0 Å². The third-order valence-electron chi connectivity index (χ3n) is 3.26. The highest BCUT2D eigenvalue weighted by Gasteiger charge is 2.05. The maximum Gasteiger partial charge on any atom is 0.224 e. The number of ether oxygens (including phenoxy) is 1. The van der Waals surface area contributed by atoms with Gasteiger partial charge in [0.25, 0.3) is 0 Å². The Morgan fingerprint density at radius 1 is 1.26 bits per heavy atom. The van der Waals surface area contributed by atoms with Crippen molar-refractivity contribution >= 4 is 23.2 Å². The minimum absolute atomic E-state index is 0.0230. The van der Waals surface area contributed by atoms with Gasteiger partial charge in [0.05, 0.1) is 0 Å². The van der Waals surface area contributed by atoms with Crippen LogP contribution in [0.5, 0.6) is 5.75 Å². The number of anilines is 1. The molecule has 1 amide bonds. The van der Waals surface area contributed by atoms with Gasteiger partial charge < -0.3 is 15.8 Å². The van der Waals surface area contributed by atoms with Gasteiger partial charge in [-0.3, -0.25) is 4.79 Å². The number of hydrogen-bond donors (Lipinski definition) is 2. The lowest BCUT2D eigenvalue weighted by molar-refractivity contribution is -0.116. The van der Waals surface area contributed by atoms with E-state index in [1.54, 1.807) is 6.07 Å². The maximum atomic E-state index is 11.8. The topological polar surface area (TPSA) is 64.4 Å². The smallest absolute Gasteiger partial charge is 0.224 e. The molecule has 0 radical (unpaired) electrons. The molecule has 0 bridgehead atoms. The lowest BCUT2D eigenvalue weighted by atomic mass is 10.2. The van der Waals surface area contributed by atoms with Crippen LogP contribution in [0.2, 0.25) is 5.02 Å². The Balaban J connectivity index is 1.89. The molecule has 2 aromatic rings. The third kappa shape index (κ3) is 6.30. The first-order valence-electron chi connectivity index (χ1n) is 7.55. The van der Waals surface area contributed by atoms with E-state index in [-0.39, 0.29) is 11.9 Å². The number of rotatable bonds is 7. The molecule has 0 saturated heterocycles. The second kappa shape index (κ2) is 8.56. The second-order valence-electron chi connectivity index (χ2n) is 5.51. The lowest BCUT2D eigenvalue weighted by Gasteiger charge is -2.10. The summed E-state index contributed by atoms with van der Waals surface area (Å²) in [7, 11) is 0. The summed E-state index contributed by atoms with van der Waals surface area (Å²) in [5, 5.41) is 3.55. The molecule has 0 fully saturated rings. The van der Waals surface area contributed by atoms with E-state index in [9.17, 15) is 4.79 Å². The summed E-state index contributed by atoms with van der Waals surface area (Å²) in [5.74, 6) is 0.655. The van der Waals surface area contributed by atoms with E-state index in [2.05, 4.69) is 5.32 Å². The van der Waals surface area contributed by atoms with Crippen molar-refractivity contribution in [2.45, 2.75) is 32.4 Å². The first-order valence-corrected chi connectivity index (χ1v) is 7.93. The van der Waals surface area contributed by atoms with E-state index in [0.29, 0.717) is 35.9 Å². The van der Waals surface area contributed by atoms with Crippen LogP contribution < -0.4 is 15.8 Å². The van der Waals surface area contributed by atoms with Crippen molar-refractivity contribution in [3.8, 4) is 5.75 Å². The Hall–Kier alpha value is -2.04. The Labute approximate surface area is 141 Å². The molecule has 0 aromatic heterocycles. The minimum atomic E-state index is -0.0443. The van der Waals surface area contributed by atoms with Crippen LogP contribution in [-0.4, -0.2) is 11.9 Å². The number of nitrogens with two attached hydrogens (primary N) is 1. The number of amides is 1. The molecule has 0 aliphatic rings. The SMILES string of the molecule is CC(N)CCC(=O)Nc1cccc(OCc2ccc(Cl)cc2)c1. The standard InChI is InChI=1S/C18H21ClN2O2/c1-13(20)5-10-18(22)21-16-3-2-4-17(11-16)23-12-14-6-8-15(19)9-7-14/h2-4,6-9,11,13H,5,10,12,20H2,1H3,(H,21,22). The number of nitrogens with one attached hydrogen (secondary N) is 1. The molecule has 4 nitrogen and oxygen atoms in total. The molecule has 0 saturated carbocycles. The Morgan fingerprint density at radius 2 is 2.00 bits per heavy atom. The molecule has 0 aliphatic heterocycles. The fourth-order valence-electron chi connectivity index (χ4n) is 1.99. The minimum Gasteiger partial charge on any atom is -0.489 e. The largest absolute Gasteiger partial charge is 0.489 e. The van der Waals surface area contributed by atoms with Crippen LogP contribution in [0.15, 0.2) is 48.5 Å². The summed E-state index contributed by atoms with van der Waals surface area (Å²) in [5.41, 5.74) is 7.40. The van der Waals surface area contributed by atoms with Gasteiger partial charge in [0.2, 0.25) is 5.91 Å². The van der Waals surface area contributed by atoms with Crippen molar-refractivity contribution in [2.75, 3.05) is 5.32 Å². The van der Waals surface area contributed by atoms with E-state index in [1.165, 1.54) is 0 Å². The molecule has 0 heterocycles. The summed E-state index contributed by atoms with van der Waals surface area (Å²) >= 11 is 5.85. The fourth-order valence-corrected chi connectivity index (χ4v) is 2.12. The molecule has 122 valence electrons. The Bertz CT molecular complexity index is 642. The van der Waals surface area contributed by atoms with E-state index in [4.69, 9.17) is 22.1 Å². The zero-order valence-electron chi connectivity index (χ0n) is 13.1. The molecule has 2 aromatic carbocycles. The molecular weight excluding hydrogens is 312 g/mol. The van der Waals surface area contributed by atoms with Crippen molar-refractivity contribution in [3.63, 3.8) is 0 Å². The van der Waals surface area contributed by atoms with Crippen molar-refractivity contribution in [1.29, 1.82) is 0 Å². The van der Waals surface area contributed by atoms with Crippen LogP contribution in [0.25, 0.3) is 0 Å². The van der Waals surface area contributed by atoms with Gasteiger partial charge in [-0.1, -0.05) is 29.8 Å². The monoisotopic (exact) mass is 332 g/mol.